The predicted molar refractivity (Wildman–Crippen MR) is 60.4 cm³/mol. The number of carbonyl (C=O) groups is 1. The zero-order valence-electron chi connectivity index (χ0n) is 10.3. The van der Waals surface area contributed by atoms with Crippen LogP contribution in [0.4, 0.5) is 0 Å². The Morgan fingerprint density at radius 2 is 2.07 bits per heavy atom. The number of hydrogen-bond donors (Lipinski definition) is 1. The molecule has 0 saturated carbocycles. The monoisotopic (exact) mass is 213 g/mol. The molecule has 2 atom stereocenters. The summed E-state index contributed by atoms with van der Waals surface area (Å²) in [7, 11) is 0. The van der Waals surface area contributed by atoms with Crippen molar-refractivity contribution >= 4 is 5.91 Å². The zero-order valence-corrected chi connectivity index (χ0v) is 10.3. The molecule has 1 aliphatic rings. The quantitative estimate of drug-likeness (QED) is 0.719. The fourth-order valence-electron chi connectivity index (χ4n) is 1.93. The highest BCUT2D eigenvalue weighted by Crippen LogP contribution is 2.23. The number of amides is 1. The summed E-state index contributed by atoms with van der Waals surface area (Å²) in [5.41, 5.74) is 0.0520. The van der Waals surface area contributed by atoms with Crippen LogP contribution in [0.25, 0.3) is 0 Å². The van der Waals surface area contributed by atoms with Crippen LogP contribution >= 0.6 is 0 Å². The minimum absolute atomic E-state index is 0.0520. The Bertz CT molecular complexity index is 232. The lowest BCUT2D eigenvalue weighted by Gasteiger charge is -2.35. The summed E-state index contributed by atoms with van der Waals surface area (Å²) in [5, 5.41) is 9.57. The van der Waals surface area contributed by atoms with E-state index in [0.29, 0.717) is 19.5 Å². The van der Waals surface area contributed by atoms with Crippen LogP contribution in [-0.2, 0) is 4.79 Å². The van der Waals surface area contributed by atoms with Gasteiger partial charge in [0.25, 0.3) is 0 Å². The molecule has 0 radical (unpaired) electrons. The van der Waals surface area contributed by atoms with Crippen LogP contribution in [0, 0.1) is 11.3 Å². The van der Waals surface area contributed by atoms with Crippen LogP contribution in [0.5, 0.6) is 0 Å². The third-order valence-electron chi connectivity index (χ3n) is 2.89. The first-order valence-electron chi connectivity index (χ1n) is 5.75. The highest BCUT2D eigenvalue weighted by Gasteiger charge is 2.28. The van der Waals surface area contributed by atoms with Gasteiger partial charge in [0.2, 0.25) is 5.91 Å². The van der Waals surface area contributed by atoms with Crippen LogP contribution in [0.1, 0.15) is 40.5 Å². The van der Waals surface area contributed by atoms with Gasteiger partial charge in [-0.05, 0) is 17.8 Å². The lowest BCUT2D eigenvalue weighted by molar-refractivity contribution is -0.136. The van der Waals surface area contributed by atoms with Gasteiger partial charge in [0.05, 0.1) is 6.10 Å². The number of rotatable bonds is 1. The molecule has 1 amide bonds. The van der Waals surface area contributed by atoms with Crippen LogP contribution in [0.3, 0.4) is 0 Å². The Morgan fingerprint density at radius 3 is 2.53 bits per heavy atom. The SMILES string of the molecule is CC1CN(C(=O)CC(C)(C)C)CCC1O. The van der Waals surface area contributed by atoms with Gasteiger partial charge in [-0.15, -0.1) is 0 Å². The molecule has 1 fully saturated rings. The minimum atomic E-state index is -0.233. The third-order valence-corrected chi connectivity index (χ3v) is 2.89. The van der Waals surface area contributed by atoms with E-state index in [1.807, 2.05) is 11.8 Å². The van der Waals surface area contributed by atoms with Gasteiger partial charge in [0, 0.05) is 19.5 Å². The maximum absolute atomic E-state index is 11.9. The molecule has 1 aliphatic heterocycles. The van der Waals surface area contributed by atoms with E-state index in [1.165, 1.54) is 0 Å². The Kier molecular flexibility index (Phi) is 3.77. The molecule has 0 aromatic rings. The van der Waals surface area contributed by atoms with E-state index in [-0.39, 0.29) is 23.3 Å². The molecule has 2 unspecified atom stereocenters. The van der Waals surface area contributed by atoms with Crippen LogP contribution in [0.15, 0.2) is 0 Å². The Labute approximate surface area is 92.5 Å². The molecule has 3 nitrogen and oxygen atoms in total. The number of hydrogen-bond acceptors (Lipinski definition) is 2. The molecule has 0 aliphatic carbocycles. The van der Waals surface area contributed by atoms with Crippen molar-refractivity contribution in [1.29, 1.82) is 0 Å². The number of aliphatic hydroxyl groups excluding tert-OH is 1. The van der Waals surface area contributed by atoms with Gasteiger partial charge in [-0.1, -0.05) is 27.7 Å². The summed E-state index contributed by atoms with van der Waals surface area (Å²) in [6.07, 6.45) is 1.08. The topological polar surface area (TPSA) is 40.5 Å². The number of likely N-dealkylation sites (tertiary alicyclic amines) is 1. The maximum Gasteiger partial charge on any atom is 0.223 e. The second-order valence-corrected chi connectivity index (χ2v) is 5.91. The van der Waals surface area contributed by atoms with Crippen molar-refractivity contribution in [1.82, 2.24) is 4.90 Å². The summed E-state index contributed by atoms with van der Waals surface area (Å²) in [6, 6.07) is 0. The summed E-state index contributed by atoms with van der Waals surface area (Å²) in [4.78, 5) is 13.8. The van der Waals surface area contributed by atoms with Gasteiger partial charge in [0.15, 0.2) is 0 Å². The molecule has 0 bridgehead atoms. The largest absolute Gasteiger partial charge is 0.393 e. The average molecular weight is 213 g/mol. The van der Waals surface area contributed by atoms with Crippen molar-refractivity contribution in [2.45, 2.75) is 46.6 Å². The number of carbonyl (C=O) groups excluding carboxylic acids is 1. The molecule has 15 heavy (non-hydrogen) atoms. The van der Waals surface area contributed by atoms with Gasteiger partial charge in [-0.25, -0.2) is 0 Å². The van der Waals surface area contributed by atoms with Crippen molar-refractivity contribution in [2.24, 2.45) is 11.3 Å². The number of nitrogens with zero attached hydrogens (tertiary/aromatic N) is 1. The minimum Gasteiger partial charge on any atom is -0.393 e. The van der Waals surface area contributed by atoms with E-state index in [4.69, 9.17) is 0 Å². The number of aliphatic hydroxyl groups is 1. The Morgan fingerprint density at radius 1 is 1.47 bits per heavy atom. The van der Waals surface area contributed by atoms with Gasteiger partial charge in [0.1, 0.15) is 0 Å². The Hall–Kier alpha value is -0.570. The highest BCUT2D eigenvalue weighted by atomic mass is 16.3. The molecule has 3 heteroatoms. The van der Waals surface area contributed by atoms with Gasteiger partial charge < -0.3 is 10.0 Å². The van der Waals surface area contributed by atoms with E-state index < -0.39 is 0 Å². The third kappa shape index (κ3) is 3.82. The van der Waals surface area contributed by atoms with Crippen LogP contribution in [0.2, 0.25) is 0 Å². The zero-order chi connectivity index (χ0) is 11.6. The molecule has 1 heterocycles. The van der Waals surface area contributed by atoms with E-state index in [1.54, 1.807) is 0 Å². The van der Waals surface area contributed by atoms with E-state index in [2.05, 4.69) is 20.8 Å². The van der Waals surface area contributed by atoms with Crippen LogP contribution in [-0.4, -0.2) is 35.1 Å². The summed E-state index contributed by atoms with van der Waals surface area (Å²) >= 11 is 0. The molecule has 88 valence electrons. The molecule has 1 saturated heterocycles. The smallest absolute Gasteiger partial charge is 0.223 e. The van der Waals surface area contributed by atoms with Gasteiger partial charge in [-0.2, -0.15) is 0 Å². The summed E-state index contributed by atoms with van der Waals surface area (Å²) in [6.45, 7) is 9.64. The van der Waals surface area contributed by atoms with Gasteiger partial charge >= 0.3 is 0 Å². The van der Waals surface area contributed by atoms with E-state index >= 15 is 0 Å². The number of piperidine rings is 1. The maximum atomic E-state index is 11.9. The first-order valence-corrected chi connectivity index (χ1v) is 5.75. The van der Waals surface area contributed by atoms with Crippen molar-refractivity contribution < 1.29 is 9.90 Å². The average Bonchev–Trinajstić information content (AvgIpc) is 2.06. The lowest BCUT2D eigenvalue weighted by atomic mass is 9.90. The predicted octanol–water partition coefficient (Wildman–Crippen LogP) is 1.65. The lowest BCUT2D eigenvalue weighted by Crippen LogP contribution is -2.45. The molecule has 0 spiro atoms. The van der Waals surface area contributed by atoms with Crippen LogP contribution < -0.4 is 0 Å². The first kappa shape index (κ1) is 12.5. The molecule has 1 N–H and O–H groups in total. The second kappa shape index (κ2) is 4.52. The molecule has 1 rings (SSSR count). The second-order valence-electron chi connectivity index (χ2n) is 5.91. The fraction of sp³-hybridized carbons (Fsp3) is 0.917. The Balaban J connectivity index is 2.48. The standard InChI is InChI=1S/C12H23NO2/c1-9-8-13(6-5-10(9)14)11(15)7-12(2,3)4/h9-10,14H,5-8H2,1-4H3. The van der Waals surface area contributed by atoms with E-state index in [0.717, 1.165) is 6.42 Å². The molecule has 0 aromatic carbocycles. The molecular formula is C12H23NO2. The molecule has 0 aromatic heterocycles. The highest BCUT2D eigenvalue weighted by molar-refractivity contribution is 5.76. The fourth-order valence-corrected chi connectivity index (χ4v) is 1.93. The van der Waals surface area contributed by atoms with Crippen molar-refractivity contribution in [3.8, 4) is 0 Å². The van der Waals surface area contributed by atoms with Gasteiger partial charge in [-0.3, -0.25) is 4.79 Å². The molecular weight excluding hydrogens is 190 g/mol. The summed E-state index contributed by atoms with van der Waals surface area (Å²) in [5.74, 6) is 0.434. The van der Waals surface area contributed by atoms with E-state index in [9.17, 15) is 9.90 Å². The van der Waals surface area contributed by atoms with Crippen molar-refractivity contribution in [3.05, 3.63) is 0 Å². The summed E-state index contributed by atoms with van der Waals surface area (Å²) < 4.78 is 0. The van der Waals surface area contributed by atoms with Crippen molar-refractivity contribution in [2.75, 3.05) is 13.1 Å². The normalized spacial score (nSPS) is 27.9. The van der Waals surface area contributed by atoms with Crippen molar-refractivity contribution in [3.63, 3.8) is 0 Å². The first-order chi connectivity index (χ1) is 6.79.